The first-order valence-corrected chi connectivity index (χ1v) is 6.37. The van der Waals surface area contributed by atoms with Gasteiger partial charge < -0.3 is 9.84 Å². The van der Waals surface area contributed by atoms with E-state index in [4.69, 9.17) is 9.84 Å². The number of aromatic carboxylic acids is 1. The van der Waals surface area contributed by atoms with Crippen molar-refractivity contribution in [2.75, 3.05) is 6.61 Å². The second kappa shape index (κ2) is 6.13. The highest BCUT2D eigenvalue weighted by molar-refractivity contribution is 6.13. The van der Waals surface area contributed by atoms with Gasteiger partial charge in [-0.2, -0.15) is 0 Å². The first kappa shape index (κ1) is 14.6. The van der Waals surface area contributed by atoms with Gasteiger partial charge in [-0.1, -0.05) is 0 Å². The molecule has 1 aromatic heterocycles. The standard InChI is InChI=1S/C15H14N2O4/c1-3-21-11-6-4-10(5-7-11)14(18)12-8-16-9(2)17-13(12)15(19)20/h4-8H,3H2,1-2H3,(H,19,20). The van der Waals surface area contributed by atoms with Gasteiger partial charge in [-0.25, -0.2) is 14.8 Å². The molecule has 1 N–H and O–H groups in total. The van der Waals surface area contributed by atoms with E-state index < -0.39 is 11.8 Å². The average molecular weight is 286 g/mol. The molecule has 0 amide bonds. The molecular formula is C15H14N2O4. The number of benzene rings is 1. The minimum Gasteiger partial charge on any atom is -0.494 e. The van der Waals surface area contributed by atoms with Gasteiger partial charge in [0.05, 0.1) is 12.2 Å². The van der Waals surface area contributed by atoms with Gasteiger partial charge in [-0.05, 0) is 38.1 Å². The van der Waals surface area contributed by atoms with Crippen LogP contribution < -0.4 is 4.74 Å². The molecule has 0 aliphatic carbocycles. The predicted molar refractivity (Wildman–Crippen MR) is 74.8 cm³/mol. The molecule has 0 saturated heterocycles. The molecule has 108 valence electrons. The molecule has 0 fully saturated rings. The molecule has 0 atom stereocenters. The van der Waals surface area contributed by atoms with E-state index in [-0.39, 0.29) is 11.3 Å². The van der Waals surface area contributed by atoms with E-state index in [2.05, 4.69) is 9.97 Å². The van der Waals surface area contributed by atoms with E-state index in [1.807, 2.05) is 6.92 Å². The van der Waals surface area contributed by atoms with E-state index in [0.717, 1.165) is 0 Å². The zero-order valence-electron chi connectivity index (χ0n) is 11.7. The van der Waals surface area contributed by atoms with Crippen LogP contribution in [0.3, 0.4) is 0 Å². The molecule has 0 aliphatic heterocycles. The second-order valence-electron chi connectivity index (χ2n) is 4.27. The Morgan fingerprint density at radius 2 is 1.90 bits per heavy atom. The molecule has 1 aromatic carbocycles. The number of ketones is 1. The largest absolute Gasteiger partial charge is 0.494 e. The summed E-state index contributed by atoms with van der Waals surface area (Å²) in [6.07, 6.45) is 1.24. The number of carbonyl (C=O) groups excluding carboxylic acids is 1. The first-order valence-electron chi connectivity index (χ1n) is 6.37. The van der Waals surface area contributed by atoms with Crippen LogP contribution in [0.25, 0.3) is 0 Å². The zero-order valence-corrected chi connectivity index (χ0v) is 11.7. The van der Waals surface area contributed by atoms with Crippen molar-refractivity contribution < 1.29 is 19.4 Å². The summed E-state index contributed by atoms with van der Waals surface area (Å²) in [5.41, 5.74) is 0.0343. The number of hydrogen-bond acceptors (Lipinski definition) is 5. The number of nitrogens with zero attached hydrogens (tertiary/aromatic N) is 2. The number of carbonyl (C=O) groups is 2. The van der Waals surface area contributed by atoms with Gasteiger partial charge in [-0.15, -0.1) is 0 Å². The van der Waals surface area contributed by atoms with Crippen molar-refractivity contribution in [3.63, 3.8) is 0 Å². The van der Waals surface area contributed by atoms with Crippen molar-refractivity contribution in [2.24, 2.45) is 0 Å². The number of hydrogen-bond donors (Lipinski definition) is 1. The SMILES string of the molecule is CCOc1ccc(C(=O)c2cnc(C)nc2C(=O)O)cc1. The van der Waals surface area contributed by atoms with Crippen LogP contribution >= 0.6 is 0 Å². The van der Waals surface area contributed by atoms with Gasteiger partial charge in [0.25, 0.3) is 0 Å². The molecule has 0 radical (unpaired) electrons. The predicted octanol–water partition coefficient (Wildman–Crippen LogP) is 2.11. The molecule has 2 aromatic rings. The van der Waals surface area contributed by atoms with Crippen LogP contribution in [-0.2, 0) is 0 Å². The van der Waals surface area contributed by atoms with Crippen LogP contribution in [0.4, 0.5) is 0 Å². The smallest absolute Gasteiger partial charge is 0.355 e. The molecule has 6 nitrogen and oxygen atoms in total. The molecule has 0 saturated carbocycles. The fourth-order valence-corrected chi connectivity index (χ4v) is 1.82. The van der Waals surface area contributed by atoms with Crippen molar-refractivity contribution in [3.8, 4) is 5.75 Å². The molecule has 0 unspecified atom stereocenters. The minimum atomic E-state index is -1.25. The summed E-state index contributed by atoms with van der Waals surface area (Å²) in [6.45, 7) is 3.96. The summed E-state index contributed by atoms with van der Waals surface area (Å²) < 4.78 is 5.29. The molecule has 0 spiro atoms. The van der Waals surface area contributed by atoms with E-state index in [1.54, 1.807) is 31.2 Å². The minimum absolute atomic E-state index is 0.0303. The lowest BCUT2D eigenvalue weighted by molar-refractivity contribution is 0.0685. The third kappa shape index (κ3) is 3.22. The first-order chi connectivity index (χ1) is 10.0. The number of rotatable bonds is 5. The third-order valence-electron chi connectivity index (χ3n) is 2.78. The van der Waals surface area contributed by atoms with Crippen LogP contribution in [0, 0.1) is 6.92 Å². The maximum atomic E-state index is 12.4. The van der Waals surface area contributed by atoms with Gasteiger partial charge in [0.15, 0.2) is 11.5 Å². The Morgan fingerprint density at radius 1 is 1.24 bits per heavy atom. The number of carboxylic acid groups (broad SMARTS) is 1. The Balaban J connectivity index is 2.38. The number of aryl methyl sites for hydroxylation is 1. The van der Waals surface area contributed by atoms with Gasteiger partial charge in [0.2, 0.25) is 0 Å². The molecule has 6 heteroatoms. The molecule has 0 aliphatic rings. The van der Waals surface area contributed by atoms with E-state index in [1.165, 1.54) is 6.20 Å². The summed E-state index contributed by atoms with van der Waals surface area (Å²) in [4.78, 5) is 31.3. The van der Waals surface area contributed by atoms with Gasteiger partial charge in [0.1, 0.15) is 11.6 Å². The highest BCUT2D eigenvalue weighted by Crippen LogP contribution is 2.17. The highest BCUT2D eigenvalue weighted by Gasteiger charge is 2.20. The third-order valence-corrected chi connectivity index (χ3v) is 2.78. The maximum absolute atomic E-state index is 12.4. The Hall–Kier alpha value is -2.76. The van der Waals surface area contributed by atoms with Gasteiger partial charge in [-0.3, -0.25) is 4.79 Å². The van der Waals surface area contributed by atoms with E-state index in [0.29, 0.717) is 23.7 Å². The Bertz CT molecular complexity index is 681. The van der Waals surface area contributed by atoms with Gasteiger partial charge >= 0.3 is 5.97 Å². The summed E-state index contributed by atoms with van der Waals surface area (Å²) in [6, 6.07) is 6.48. The van der Waals surface area contributed by atoms with Gasteiger partial charge in [0, 0.05) is 11.8 Å². The monoisotopic (exact) mass is 286 g/mol. The average Bonchev–Trinajstić information content (AvgIpc) is 2.47. The van der Waals surface area contributed by atoms with Crippen LogP contribution in [0.15, 0.2) is 30.5 Å². The van der Waals surface area contributed by atoms with E-state index in [9.17, 15) is 9.59 Å². The summed E-state index contributed by atoms with van der Waals surface area (Å²) in [7, 11) is 0. The Kier molecular flexibility index (Phi) is 4.27. The lowest BCUT2D eigenvalue weighted by Gasteiger charge is -2.06. The van der Waals surface area contributed by atoms with Crippen molar-refractivity contribution in [3.05, 3.63) is 53.1 Å². The molecule has 2 rings (SSSR count). The fraction of sp³-hybridized carbons (Fsp3) is 0.200. The quantitative estimate of drug-likeness (QED) is 0.847. The number of ether oxygens (including phenoxy) is 1. The highest BCUT2D eigenvalue weighted by atomic mass is 16.5. The zero-order chi connectivity index (χ0) is 15.4. The van der Waals surface area contributed by atoms with Crippen molar-refractivity contribution >= 4 is 11.8 Å². The second-order valence-corrected chi connectivity index (χ2v) is 4.27. The van der Waals surface area contributed by atoms with Crippen molar-refractivity contribution in [2.45, 2.75) is 13.8 Å². The van der Waals surface area contributed by atoms with Crippen LogP contribution in [-0.4, -0.2) is 33.4 Å². The fourth-order valence-electron chi connectivity index (χ4n) is 1.82. The maximum Gasteiger partial charge on any atom is 0.355 e. The summed E-state index contributed by atoms with van der Waals surface area (Å²) in [5.74, 6) is -0.742. The Morgan fingerprint density at radius 3 is 2.48 bits per heavy atom. The summed E-state index contributed by atoms with van der Waals surface area (Å²) >= 11 is 0. The number of carboxylic acids is 1. The van der Waals surface area contributed by atoms with Crippen molar-refractivity contribution in [1.29, 1.82) is 0 Å². The molecule has 0 bridgehead atoms. The molecule has 21 heavy (non-hydrogen) atoms. The molecule has 1 heterocycles. The topological polar surface area (TPSA) is 89.4 Å². The van der Waals surface area contributed by atoms with Crippen LogP contribution in [0.1, 0.15) is 39.2 Å². The van der Waals surface area contributed by atoms with E-state index >= 15 is 0 Å². The normalized spacial score (nSPS) is 10.2. The van der Waals surface area contributed by atoms with Crippen LogP contribution in [0.5, 0.6) is 5.75 Å². The van der Waals surface area contributed by atoms with Crippen LogP contribution in [0.2, 0.25) is 0 Å². The lowest BCUT2D eigenvalue weighted by atomic mass is 10.0. The lowest BCUT2D eigenvalue weighted by Crippen LogP contribution is -2.13. The number of aromatic nitrogens is 2. The summed E-state index contributed by atoms with van der Waals surface area (Å²) in [5, 5.41) is 9.14. The Labute approximate surface area is 121 Å². The molecular weight excluding hydrogens is 272 g/mol. The van der Waals surface area contributed by atoms with Crippen molar-refractivity contribution in [1.82, 2.24) is 9.97 Å².